The van der Waals surface area contributed by atoms with E-state index in [2.05, 4.69) is 404 Å². The van der Waals surface area contributed by atoms with E-state index >= 15 is 0 Å². The highest BCUT2D eigenvalue weighted by Gasteiger charge is 2.51. The second-order valence-electron chi connectivity index (χ2n) is 39.7. The largest absolute Gasteiger partial charge is 0.458 e. The van der Waals surface area contributed by atoms with Gasteiger partial charge in [0.15, 0.2) is 0 Å². The van der Waals surface area contributed by atoms with Crippen molar-refractivity contribution >= 4 is 224 Å². The number of anilines is 8. The van der Waals surface area contributed by atoms with Crippen LogP contribution in [0, 0.1) is 111 Å². The molecule has 130 heavy (non-hydrogen) atoms. The molecule has 0 fully saturated rings. The summed E-state index contributed by atoms with van der Waals surface area (Å²) in [4.78, 5) is 5.37. The zero-order valence-electron chi connectivity index (χ0n) is 76.0. The van der Waals surface area contributed by atoms with Crippen LogP contribution in [0.15, 0.2) is 255 Å². The number of aromatic nitrogens is 5. The van der Waals surface area contributed by atoms with Crippen LogP contribution in [-0.4, -0.2) is 43.0 Å². The lowest BCUT2D eigenvalue weighted by molar-refractivity contribution is 0.487. The van der Waals surface area contributed by atoms with Gasteiger partial charge in [0.05, 0.1) is 72.6 Å². The summed E-state index contributed by atoms with van der Waals surface area (Å²) in [6.07, 6.45) is 0. The second kappa shape index (κ2) is 25.5. The van der Waals surface area contributed by atoms with E-state index in [1.807, 2.05) is 0 Å². The Morgan fingerprint density at radius 2 is 0.515 bits per heavy atom. The lowest BCUT2D eigenvalue weighted by Gasteiger charge is -2.45. The predicted molar refractivity (Wildman–Crippen MR) is 554 cm³/mol. The Morgan fingerprint density at radius 1 is 0.208 bits per heavy atom. The summed E-state index contributed by atoms with van der Waals surface area (Å²) in [6, 6.07) is 102. The van der Waals surface area contributed by atoms with Crippen molar-refractivity contribution in [2.75, 3.05) is 15.1 Å². The first-order valence-electron chi connectivity index (χ1n) is 46.2. The number of hydrogen-bond acceptors (Lipinski definition) is 4. The van der Waals surface area contributed by atoms with Crippen LogP contribution in [0.5, 0.6) is 11.5 Å². The van der Waals surface area contributed by atoms with Crippen molar-refractivity contribution in [2.45, 2.75) is 111 Å². The Labute approximate surface area is 755 Å². The van der Waals surface area contributed by atoms with Gasteiger partial charge in [-0.25, -0.2) is 0 Å². The van der Waals surface area contributed by atoms with Crippen molar-refractivity contribution in [3.05, 3.63) is 344 Å². The summed E-state index contributed by atoms with van der Waals surface area (Å²) in [5.74, 6) is 1.68. The van der Waals surface area contributed by atoms with Gasteiger partial charge in [0.2, 0.25) is 0 Å². The Bertz CT molecular complexity index is 8970. The lowest BCUT2D eigenvalue weighted by Crippen LogP contribution is -2.65. The SMILES string of the molecule is Cc1cc(C)c(N2c3cc4c(cc3B3c5cc6c(cc5Oc5cc(-n7c8ccc(C)cc8c8cc(C)ccc87)cc2c53)N(c2c(C)cc(C)cc2C)c2cc(-n3c5ccc(C)cc5c5cc(C)ccc53)cc3c2B6c2cc(C)cc5c6cc(C)ccc6n-3c25)B2c3c(cc(-n5c6ccc(C)cc6c6cc(C)ccc65)cc3-n3c5ccc(C)cc5c5cc(C)cc2c53)N4)c(C)c1. The van der Waals surface area contributed by atoms with Gasteiger partial charge in [0, 0.05) is 123 Å². The van der Waals surface area contributed by atoms with Crippen molar-refractivity contribution in [2.24, 2.45) is 0 Å². The van der Waals surface area contributed by atoms with Gasteiger partial charge in [-0.3, -0.25) is 0 Å². The standard InChI is InChI=1S/C118H91B3N8O/c1-59-17-25-96-78(37-59)79-38-60(2)18-26-97(79)123(96)75-49-95-112-106(50-75)126-102-31-23-65(7)43-84(102)86-45-69(11)47-92(117(86)126)119(112)88-55-89-104(57-94(88)122-95)128(115-71(13)33-67(9)34-72(115)14)109-53-77(125-100-29-21-63(5)41-82(100)83-42-64(6)22-30-101(83)125)54-111-114(109)120(89)91-56-90-105(58-110(91)130-111)129(116-73(15)35-68(10)36-74(116)16)108-52-76(124-98-27-19-61(3)39-80(98)81-40-62(4)20-28-99(81)124)51-107-113(108)121(90)93-48-70(12)46-87-85-44-66(8)24-32-103(85)127(107)118(87)93/h17-58,122H,1-16H3. The molecule has 0 saturated carbocycles. The average Bonchev–Trinajstić information content (AvgIpc) is 1.12. The molecule has 11 heterocycles. The molecule has 28 rings (SSSR count). The maximum absolute atomic E-state index is 8.38. The van der Waals surface area contributed by atoms with Gasteiger partial charge in [-0.2, -0.15) is 0 Å². The quantitative estimate of drug-likeness (QED) is 0.175. The Kier molecular flexibility index (Phi) is 14.6. The average molecular weight is 1670 g/mol. The summed E-state index contributed by atoms with van der Waals surface area (Å²) in [5.41, 5.74) is 57.5. The predicted octanol–water partition coefficient (Wildman–Crippen LogP) is 24.0. The molecule has 0 aliphatic carbocycles. The zero-order valence-corrected chi connectivity index (χ0v) is 76.0. The first-order valence-corrected chi connectivity index (χ1v) is 46.2. The molecular formula is C118H91B3N8O. The number of fused-ring (bicyclic) bond motifs is 27. The van der Waals surface area contributed by atoms with Crippen molar-refractivity contribution in [1.82, 2.24) is 22.8 Å². The van der Waals surface area contributed by atoms with Crippen LogP contribution in [0.1, 0.15) is 89.0 Å². The number of nitrogens with zero attached hydrogens (tertiary/aromatic N) is 7. The number of rotatable bonds is 5. The van der Waals surface area contributed by atoms with Gasteiger partial charge in [-0.1, -0.05) is 164 Å². The number of nitrogens with one attached hydrogen (secondary N) is 1. The fourth-order valence-corrected chi connectivity index (χ4v) is 25.7. The van der Waals surface area contributed by atoms with Crippen molar-refractivity contribution < 1.29 is 4.74 Å². The van der Waals surface area contributed by atoms with Gasteiger partial charge >= 0.3 is 0 Å². The van der Waals surface area contributed by atoms with Crippen LogP contribution < -0.4 is 69.0 Å². The van der Waals surface area contributed by atoms with Gasteiger partial charge in [-0.05, 0) is 328 Å². The van der Waals surface area contributed by atoms with E-state index in [-0.39, 0.29) is 20.1 Å². The van der Waals surface area contributed by atoms with E-state index in [4.69, 9.17) is 4.74 Å². The summed E-state index contributed by atoms with van der Waals surface area (Å²) in [6.45, 7) is 35.6. The molecule has 1 N–H and O–H groups in total. The Hall–Kier alpha value is -14.9. The summed E-state index contributed by atoms with van der Waals surface area (Å²) in [5, 5.41) is 17.0. The van der Waals surface area contributed by atoms with Crippen LogP contribution >= 0.6 is 0 Å². The third-order valence-electron chi connectivity index (χ3n) is 30.5. The molecular weight excluding hydrogens is 1580 g/mol. The molecule has 0 unspecified atom stereocenters. The molecule has 0 radical (unpaired) electrons. The van der Waals surface area contributed by atoms with Crippen molar-refractivity contribution in [1.29, 1.82) is 0 Å². The van der Waals surface area contributed by atoms with Crippen LogP contribution in [0.2, 0.25) is 0 Å². The van der Waals surface area contributed by atoms with E-state index in [0.29, 0.717) is 0 Å². The number of hydrogen-bond donors (Lipinski definition) is 1. The van der Waals surface area contributed by atoms with Crippen LogP contribution in [0.4, 0.5) is 45.5 Å². The molecule has 12 heteroatoms. The van der Waals surface area contributed by atoms with Crippen molar-refractivity contribution in [3.63, 3.8) is 0 Å². The molecule has 22 aromatic rings. The third kappa shape index (κ3) is 9.79. The summed E-state index contributed by atoms with van der Waals surface area (Å²) < 4.78 is 21.3. The van der Waals surface area contributed by atoms with Gasteiger partial charge in [0.1, 0.15) is 11.5 Å². The fraction of sp³-hybridized carbons (Fsp3) is 0.136. The molecule has 0 atom stereocenters. The highest BCUT2D eigenvalue weighted by molar-refractivity contribution is 7.04. The smallest absolute Gasteiger partial charge is 0.256 e. The number of aryl methyl sites for hydroxylation is 16. The minimum atomic E-state index is -0.363. The normalized spacial score (nSPS) is 13.6. The Balaban J connectivity index is 0.768. The first kappa shape index (κ1) is 74.2. The van der Waals surface area contributed by atoms with E-state index in [1.54, 1.807) is 0 Å². The molecule has 0 saturated heterocycles. The highest BCUT2D eigenvalue weighted by atomic mass is 16.5. The van der Waals surface area contributed by atoms with Crippen LogP contribution in [-0.2, 0) is 0 Å². The molecule has 6 aliphatic rings. The van der Waals surface area contributed by atoms with E-state index in [0.717, 1.165) is 90.3 Å². The van der Waals surface area contributed by atoms with Crippen molar-refractivity contribution in [3.8, 4) is 39.9 Å². The van der Waals surface area contributed by atoms with E-state index in [9.17, 15) is 0 Å². The van der Waals surface area contributed by atoms with E-state index < -0.39 is 0 Å². The molecule has 9 nitrogen and oxygen atoms in total. The zero-order chi connectivity index (χ0) is 87.5. The highest BCUT2D eigenvalue weighted by Crippen LogP contribution is 2.53. The lowest BCUT2D eigenvalue weighted by atomic mass is 9.29. The first-order chi connectivity index (χ1) is 63.0. The van der Waals surface area contributed by atoms with Crippen LogP contribution in [0.3, 0.4) is 0 Å². The molecule has 618 valence electrons. The molecule has 0 amide bonds. The fourth-order valence-electron chi connectivity index (χ4n) is 25.7. The topological polar surface area (TPSA) is 52.4 Å². The van der Waals surface area contributed by atoms with Gasteiger partial charge in [-0.15, -0.1) is 0 Å². The monoisotopic (exact) mass is 1670 g/mol. The minimum Gasteiger partial charge on any atom is -0.458 e. The molecule has 0 spiro atoms. The van der Waals surface area contributed by atoms with Crippen LogP contribution in [0.25, 0.3) is 137 Å². The number of ether oxygens (including phenoxy) is 1. The maximum atomic E-state index is 8.38. The van der Waals surface area contributed by atoms with Gasteiger partial charge in [0.25, 0.3) is 20.1 Å². The maximum Gasteiger partial charge on any atom is 0.256 e. The molecule has 0 bridgehead atoms. The minimum absolute atomic E-state index is 0.194. The van der Waals surface area contributed by atoms with E-state index in [1.165, 1.54) is 242 Å². The Morgan fingerprint density at radius 3 is 0.923 bits per heavy atom. The summed E-state index contributed by atoms with van der Waals surface area (Å²) in [7, 11) is 0. The van der Waals surface area contributed by atoms with Gasteiger partial charge < -0.3 is 42.7 Å². The molecule has 17 aromatic carbocycles. The second-order valence-corrected chi connectivity index (χ2v) is 39.7. The molecule has 5 aromatic heterocycles. The summed E-state index contributed by atoms with van der Waals surface area (Å²) >= 11 is 0. The molecule has 6 aliphatic heterocycles. The third-order valence-corrected chi connectivity index (χ3v) is 30.5. The number of benzene rings is 17.